The smallest absolute Gasteiger partial charge is 0.406 e. The SMILES string of the molecule is CN1CC(C)(C(O)(c2ccc(OC(F)(F)F)cc2)C2(C#N)NC=CC=C2N2CCCC2)C1. The van der Waals surface area contributed by atoms with E-state index < -0.39 is 22.9 Å². The molecule has 0 radical (unpaired) electrons. The number of benzene rings is 1. The van der Waals surface area contributed by atoms with Crippen LogP contribution < -0.4 is 10.1 Å². The zero-order chi connectivity index (χ0) is 23.2. The van der Waals surface area contributed by atoms with Gasteiger partial charge in [-0.25, -0.2) is 0 Å². The lowest BCUT2D eigenvalue weighted by Gasteiger charge is -2.61. The largest absolute Gasteiger partial charge is 0.573 e. The van der Waals surface area contributed by atoms with Crippen LogP contribution >= 0.6 is 0 Å². The van der Waals surface area contributed by atoms with Gasteiger partial charge < -0.3 is 25.0 Å². The number of dihydropyridines is 1. The van der Waals surface area contributed by atoms with Crippen LogP contribution in [0.2, 0.25) is 0 Å². The molecule has 6 nitrogen and oxygen atoms in total. The van der Waals surface area contributed by atoms with Crippen molar-refractivity contribution in [1.29, 1.82) is 5.26 Å². The van der Waals surface area contributed by atoms with Gasteiger partial charge in [0.25, 0.3) is 0 Å². The molecule has 2 N–H and O–H groups in total. The molecule has 0 aliphatic carbocycles. The fourth-order valence-corrected chi connectivity index (χ4v) is 5.56. The fraction of sp³-hybridized carbons (Fsp3) is 0.522. The molecule has 4 rings (SSSR count). The molecule has 0 amide bonds. The third-order valence-electron chi connectivity index (χ3n) is 6.81. The molecule has 9 heteroatoms. The van der Waals surface area contributed by atoms with Gasteiger partial charge in [0, 0.05) is 31.6 Å². The Morgan fingerprint density at radius 1 is 1.16 bits per heavy atom. The summed E-state index contributed by atoms with van der Waals surface area (Å²) in [5.41, 5.74) is -2.96. The summed E-state index contributed by atoms with van der Waals surface area (Å²) in [6.07, 6.45) is 2.47. The first-order valence-electron chi connectivity index (χ1n) is 10.6. The van der Waals surface area contributed by atoms with Crippen molar-refractivity contribution in [3.05, 3.63) is 53.9 Å². The highest BCUT2D eigenvalue weighted by Crippen LogP contribution is 2.55. The minimum atomic E-state index is -4.81. The molecule has 3 aliphatic heterocycles. The van der Waals surface area contributed by atoms with Gasteiger partial charge in [0.1, 0.15) is 17.4 Å². The Morgan fingerprint density at radius 3 is 2.31 bits per heavy atom. The van der Waals surface area contributed by atoms with Crippen LogP contribution in [0.3, 0.4) is 0 Å². The summed E-state index contributed by atoms with van der Waals surface area (Å²) in [6.45, 7) is 4.50. The first-order chi connectivity index (χ1) is 15.0. The number of rotatable bonds is 5. The summed E-state index contributed by atoms with van der Waals surface area (Å²) in [5.74, 6) is -0.378. The number of alkyl halides is 3. The number of nitriles is 1. The van der Waals surface area contributed by atoms with Gasteiger partial charge in [-0.05, 0) is 55.9 Å². The van der Waals surface area contributed by atoms with Gasteiger partial charge in [-0.15, -0.1) is 13.2 Å². The molecule has 2 saturated heterocycles. The summed E-state index contributed by atoms with van der Waals surface area (Å²) >= 11 is 0. The van der Waals surface area contributed by atoms with Crippen LogP contribution in [0.25, 0.3) is 0 Å². The third kappa shape index (κ3) is 3.42. The Kier molecular flexibility index (Phi) is 5.42. The minimum absolute atomic E-state index is 0.358. The molecule has 3 heterocycles. The van der Waals surface area contributed by atoms with E-state index in [9.17, 15) is 23.5 Å². The van der Waals surface area contributed by atoms with Crippen molar-refractivity contribution in [2.45, 2.75) is 37.3 Å². The summed E-state index contributed by atoms with van der Waals surface area (Å²) in [6, 6.07) is 7.58. The van der Waals surface area contributed by atoms with E-state index in [1.54, 1.807) is 12.3 Å². The van der Waals surface area contributed by atoms with Crippen molar-refractivity contribution in [3.8, 4) is 11.8 Å². The van der Waals surface area contributed by atoms with Crippen LogP contribution in [0.5, 0.6) is 5.75 Å². The molecular formula is C23H27F3N4O2. The number of aliphatic hydroxyl groups is 1. The molecule has 2 fully saturated rings. The van der Waals surface area contributed by atoms with Gasteiger partial charge in [0.05, 0.1) is 5.70 Å². The number of halogens is 3. The maximum Gasteiger partial charge on any atom is 0.573 e. The Hall–Kier alpha value is -2.70. The Morgan fingerprint density at radius 2 is 1.78 bits per heavy atom. The van der Waals surface area contributed by atoms with E-state index in [0.717, 1.165) is 25.9 Å². The number of hydrogen-bond donors (Lipinski definition) is 2. The molecule has 0 spiro atoms. The Bertz CT molecular complexity index is 957. The lowest BCUT2D eigenvalue weighted by molar-refractivity contribution is -0.274. The molecule has 2 atom stereocenters. The number of hydrogen-bond acceptors (Lipinski definition) is 6. The molecule has 172 valence electrons. The molecule has 3 aliphatic rings. The normalized spacial score (nSPS) is 27.0. The second-order valence-electron chi connectivity index (χ2n) is 9.13. The zero-order valence-corrected chi connectivity index (χ0v) is 18.1. The highest BCUT2D eigenvalue weighted by atomic mass is 19.4. The highest BCUT2D eigenvalue weighted by Gasteiger charge is 2.67. The number of allylic oxidation sites excluding steroid dienone is 2. The average Bonchev–Trinajstić information content (AvgIpc) is 3.26. The van der Waals surface area contributed by atoms with Gasteiger partial charge in [-0.2, -0.15) is 5.26 Å². The van der Waals surface area contributed by atoms with Gasteiger partial charge in [-0.1, -0.05) is 19.1 Å². The fourth-order valence-electron chi connectivity index (χ4n) is 5.56. The van der Waals surface area contributed by atoms with Crippen LogP contribution in [0, 0.1) is 16.7 Å². The molecule has 32 heavy (non-hydrogen) atoms. The number of nitrogens with zero attached hydrogens (tertiary/aromatic N) is 3. The minimum Gasteiger partial charge on any atom is -0.406 e. The van der Waals surface area contributed by atoms with Gasteiger partial charge in [0.15, 0.2) is 5.54 Å². The van der Waals surface area contributed by atoms with E-state index in [-0.39, 0.29) is 5.75 Å². The quantitative estimate of drug-likeness (QED) is 0.722. The monoisotopic (exact) mass is 448 g/mol. The summed E-state index contributed by atoms with van der Waals surface area (Å²) < 4.78 is 42.0. The third-order valence-corrected chi connectivity index (χ3v) is 6.81. The van der Waals surface area contributed by atoms with Crippen molar-refractivity contribution in [1.82, 2.24) is 15.1 Å². The molecule has 2 unspecified atom stereocenters. The number of nitrogens with one attached hydrogen (secondary N) is 1. The second-order valence-corrected chi connectivity index (χ2v) is 9.13. The molecular weight excluding hydrogens is 421 g/mol. The second kappa shape index (κ2) is 7.71. The Labute approximate surface area is 185 Å². The predicted octanol–water partition coefficient (Wildman–Crippen LogP) is 3.08. The topological polar surface area (TPSA) is 71.8 Å². The first kappa shape index (κ1) is 22.5. The van der Waals surface area contributed by atoms with E-state index in [0.29, 0.717) is 24.4 Å². The summed E-state index contributed by atoms with van der Waals surface area (Å²) in [7, 11) is 1.92. The van der Waals surface area contributed by atoms with Crippen molar-refractivity contribution in [3.63, 3.8) is 0 Å². The maximum absolute atomic E-state index is 12.7. The van der Waals surface area contributed by atoms with Crippen LogP contribution in [-0.2, 0) is 5.60 Å². The molecule has 0 saturated carbocycles. The van der Waals surface area contributed by atoms with Crippen molar-refractivity contribution in [2.75, 3.05) is 33.2 Å². The van der Waals surface area contributed by atoms with E-state index in [2.05, 4.69) is 21.0 Å². The van der Waals surface area contributed by atoms with E-state index in [1.807, 2.05) is 24.9 Å². The maximum atomic E-state index is 12.7. The summed E-state index contributed by atoms with van der Waals surface area (Å²) in [5, 5.41) is 26.3. The number of likely N-dealkylation sites (tertiary alicyclic amines) is 2. The number of ether oxygens (including phenoxy) is 1. The van der Waals surface area contributed by atoms with Crippen LogP contribution in [0.15, 0.2) is 48.3 Å². The van der Waals surface area contributed by atoms with Crippen LogP contribution in [0.4, 0.5) is 13.2 Å². The molecule has 0 aromatic heterocycles. The predicted molar refractivity (Wildman–Crippen MR) is 112 cm³/mol. The van der Waals surface area contributed by atoms with Crippen LogP contribution in [-0.4, -0.2) is 60.0 Å². The molecule has 1 aromatic rings. The van der Waals surface area contributed by atoms with Gasteiger partial charge in [-0.3, -0.25) is 0 Å². The van der Waals surface area contributed by atoms with Gasteiger partial charge in [0.2, 0.25) is 0 Å². The zero-order valence-electron chi connectivity index (χ0n) is 18.1. The summed E-state index contributed by atoms with van der Waals surface area (Å²) in [4.78, 5) is 4.15. The molecule has 0 bridgehead atoms. The lowest BCUT2D eigenvalue weighted by atomic mass is 9.55. The van der Waals surface area contributed by atoms with E-state index in [4.69, 9.17) is 0 Å². The first-order valence-corrected chi connectivity index (χ1v) is 10.6. The van der Waals surface area contributed by atoms with Crippen LogP contribution in [0.1, 0.15) is 25.3 Å². The van der Waals surface area contributed by atoms with E-state index in [1.165, 1.54) is 24.3 Å². The average molecular weight is 448 g/mol. The van der Waals surface area contributed by atoms with Crippen molar-refractivity contribution in [2.24, 2.45) is 5.41 Å². The van der Waals surface area contributed by atoms with Gasteiger partial charge >= 0.3 is 6.36 Å². The Balaban J connectivity index is 1.84. The standard InChI is InChI=1S/C23H27F3N4O2/c1-20(15-29(2)16-20)22(31,17-7-9-18(10-8-17)32-23(24,25)26)21(14-27)19(6-5-11-28-21)30-12-3-4-13-30/h5-11,28,31H,3-4,12-13,15-16H2,1-2H3. The van der Waals surface area contributed by atoms with Crippen molar-refractivity contribution >= 4 is 0 Å². The van der Waals surface area contributed by atoms with E-state index >= 15 is 0 Å². The molecule has 1 aromatic carbocycles. The van der Waals surface area contributed by atoms with Crippen molar-refractivity contribution < 1.29 is 23.0 Å². The lowest BCUT2D eigenvalue weighted by Crippen LogP contribution is -2.75. The highest BCUT2D eigenvalue weighted by molar-refractivity contribution is 5.49.